The highest BCUT2D eigenvalue weighted by Crippen LogP contribution is 2.24. The van der Waals surface area contributed by atoms with Gasteiger partial charge in [-0.3, -0.25) is 4.79 Å². The molecule has 0 atom stereocenters. The van der Waals surface area contributed by atoms with E-state index in [-0.39, 0.29) is 5.91 Å². The number of likely N-dealkylation sites (N-methyl/N-ethyl adjacent to an activating group) is 1. The van der Waals surface area contributed by atoms with Crippen molar-refractivity contribution in [3.63, 3.8) is 0 Å². The summed E-state index contributed by atoms with van der Waals surface area (Å²) < 4.78 is 5.18. The van der Waals surface area contributed by atoms with Crippen LogP contribution in [0.4, 0.5) is 0 Å². The molecule has 0 bridgehead atoms. The average molecular weight is 296 g/mol. The minimum atomic E-state index is -0.400. The Kier molecular flexibility index (Phi) is 4.42. The second-order valence-electron chi connectivity index (χ2n) is 4.56. The van der Waals surface area contributed by atoms with Gasteiger partial charge >= 0.3 is 5.63 Å². The number of benzene rings is 1. The lowest BCUT2D eigenvalue weighted by atomic mass is 10.1. The van der Waals surface area contributed by atoms with E-state index in [9.17, 15) is 9.59 Å². The highest BCUT2D eigenvalue weighted by molar-refractivity contribution is 6.32. The number of rotatable bonds is 4. The zero-order valence-corrected chi connectivity index (χ0v) is 12.1. The van der Waals surface area contributed by atoms with Gasteiger partial charge in [0.2, 0.25) is 0 Å². The van der Waals surface area contributed by atoms with Gasteiger partial charge in [-0.25, -0.2) is 4.79 Å². The van der Waals surface area contributed by atoms with Gasteiger partial charge in [-0.1, -0.05) is 11.6 Å². The fourth-order valence-corrected chi connectivity index (χ4v) is 2.14. The van der Waals surface area contributed by atoms with Gasteiger partial charge in [0, 0.05) is 29.1 Å². The minimum absolute atomic E-state index is 0.0638. The van der Waals surface area contributed by atoms with Gasteiger partial charge in [-0.05, 0) is 24.6 Å². The maximum absolute atomic E-state index is 11.6. The van der Waals surface area contributed by atoms with Crippen LogP contribution in [0.25, 0.3) is 11.0 Å². The maximum Gasteiger partial charge on any atom is 0.336 e. The zero-order chi connectivity index (χ0) is 14.7. The molecule has 0 aliphatic heterocycles. The quantitative estimate of drug-likeness (QED) is 0.810. The van der Waals surface area contributed by atoms with E-state index >= 15 is 0 Å². The van der Waals surface area contributed by atoms with Crippen molar-refractivity contribution in [2.75, 3.05) is 13.6 Å². The fourth-order valence-electron chi connectivity index (χ4n) is 1.98. The Morgan fingerprint density at radius 1 is 1.40 bits per heavy atom. The summed E-state index contributed by atoms with van der Waals surface area (Å²) in [7, 11) is 1.59. The summed E-state index contributed by atoms with van der Waals surface area (Å²) in [6.45, 7) is 2.67. The monoisotopic (exact) mass is 295 g/mol. The third-order valence-corrected chi connectivity index (χ3v) is 3.49. The van der Waals surface area contributed by atoms with Gasteiger partial charge < -0.3 is 15.1 Å². The largest absolute Gasteiger partial charge is 0.423 e. The number of carbonyl (C=O) groups excluding carboxylic acids is 1. The van der Waals surface area contributed by atoms with Crippen molar-refractivity contribution in [2.24, 2.45) is 0 Å². The molecule has 1 amide bonds. The second kappa shape index (κ2) is 6.07. The van der Waals surface area contributed by atoms with Crippen molar-refractivity contribution >= 4 is 28.5 Å². The first-order valence-electron chi connectivity index (χ1n) is 6.26. The Morgan fingerprint density at radius 2 is 2.15 bits per heavy atom. The van der Waals surface area contributed by atoms with Crippen LogP contribution in [0.15, 0.2) is 27.4 Å². The summed E-state index contributed by atoms with van der Waals surface area (Å²) in [4.78, 5) is 22.7. The van der Waals surface area contributed by atoms with Gasteiger partial charge in [0.1, 0.15) is 12.1 Å². The van der Waals surface area contributed by atoms with E-state index in [1.165, 1.54) is 6.07 Å². The van der Waals surface area contributed by atoms with Crippen LogP contribution in [0.3, 0.4) is 0 Å². The molecule has 0 saturated heterocycles. The molecule has 3 N–H and O–H groups in total. The number of halogens is 1. The van der Waals surface area contributed by atoms with Crippen LogP contribution in [-0.4, -0.2) is 19.5 Å². The molecule has 106 valence electrons. The molecule has 0 aliphatic rings. The third kappa shape index (κ3) is 3.18. The third-order valence-electron chi connectivity index (χ3n) is 3.08. The molecule has 20 heavy (non-hydrogen) atoms. The zero-order valence-electron chi connectivity index (χ0n) is 11.3. The Balaban J connectivity index is 2.34. The first kappa shape index (κ1) is 14.6. The molecule has 0 aliphatic carbocycles. The molecule has 6 heteroatoms. The van der Waals surface area contributed by atoms with E-state index in [2.05, 4.69) is 5.32 Å². The molecule has 0 spiro atoms. The van der Waals surface area contributed by atoms with E-state index in [4.69, 9.17) is 16.0 Å². The smallest absolute Gasteiger partial charge is 0.336 e. The lowest BCUT2D eigenvalue weighted by Crippen LogP contribution is -2.85. The summed E-state index contributed by atoms with van der Waals surface area (Å²) in [5.74, 6) is -0.0638. The first-order valence-corrected chi connectivity index (χ1v) is 6.64. The van der Waals surface area contributed by atoms with Gasteiger partial charge in [-0.15, -0.1) is 0 Å². The van der Waals surface area contributed by atoms with Crippen LogP contribution in [0, 0.1) is 6.92 Å². The number of nitrogens with two attached hydrogens (primary N) is 1. The van der Waals surface area contributed by atoms with E-state index in [1.54, 1.807) is 19.2 Å². The van der Waals surface area contributed by atoms with Crippen LogP contribution in [0.1, 0.15) is 11.1 Å². The van der Waals surface area contributed by atoms with E-state index in [1.807, 2.05) is 12.2 Å². The van der Waals surface area contributed by atoms with Crippen LogP contribution in [-0.2, 0) is 11.3 Å². The molecular formula is C14H16ClN2O3+. The predicted octanol–water partition coefficient (Wildman–Crippen LogP) is 0.564. The molecule has 0 fully saturated rings. The van der Waals surface area contributed by atoms with Gasteiger partial charge in [0.25, 0.3) is 5.91 Å². The highest BCUT2D eigenvalue weighted by Gasteiger charge is 2.10. The molecule has 0 saturated carbocycles. The number of quaternary nitrogens is 1. The van der Waals surface area contributed by atoms with Crippen molar-refractivity contribution in [1.29, 1.82) is 0 Å². The van der Waals surface area contributed by atoms with Gasteiger partial charge in [-0.2, -0.15) is 0 Å². The molecular weight excluding hydrogens is 280 g/mol. The Hall–Kier alpha value is -1.85. The number of fused-ring (bicyclic) bond motifs is 1. The molecule has 0 radical (unpaired) electrons. The molecule has 1 heterocycles. The van der Waals surface area contributed by atoms with Crippen LogP contribution >= 0.6 is 11.6 Å². The summed E-state index contributed by atoms with van der Waals surface area (Å²) >= 11 is 6.11. The van der Waals surface area contributed by atoms with Crippen molar-refractivity contribution in [2.45, 2.75) is 13.5 Å². The number of hydrogen-bond acceptors (Lipinski definition) is 3. The summed E-state index contributed by atoms with van der Waals surface area (Å²) in [6.07, 6.45) is 0. The first-order chi connectivity index (χ1) is 9.51. The van der Waals surface area contributed by atoms with Crippen molar-refractivity contribution in [1.82, 2.24) is 5.32 Å². The van der Waals surface area contributed by atoms with Gasteiger partial charge in [0.15, 0.2) is 6.54 Å². The molecule has 5 nitrogen and oxygen atoms in total. The number of amides is 1. The van der Waals surface area contributed by atoms with E-state index in [0.717, 1.165) is 16.5 Å². The summed E-state index contributed by atoms with van der Waals surface area (Å²) in [5, 5.41) is 5.79. The maximum atomic E-state index is 11.6. The molecule has 1 aromatic heterocycles. The molecule has 0 unspecified atom stereocenters. The number of aryl methyl sites for hydroxylation is 1. The topological polar surface area (TPSA) is 75.9 Å². The van der Waals surface area contributed by atoms with E-state index < -0.39 is 5.63 Å². The highest BCUT2D eigenvalue weighted by atomic mass is 35.5. The van der Waals surface area contributed by atoms with E-state index in [0.29, 0.717) is 23.7 Å². The second-order valence-corrected chi connectivity index (χ2v) is 4.97. The van der Waals surface area contributed by atoms with Crippen molar-refractivity contribution in [3.05, 3.63) is 44.8 Å². The number of carbonyl (C=O) groups is 1. The SMILES string of the molecule is CNC(=O)C[NH2+]Cc1cc(=O)oc2cc(C)c(Cl)cc12. The minimum Gasteiger partial charge on any atom is -0.423 e. The number of hydrogen-bond donors (Lipinski definition) is 2. The predicted molar refractivity (Wildman–Crippen MR) is 76.8 cm³/mol. The lowest BCUT2D eigenvalue weighted by molar-refractivity contribution is -0.659. The summed E-state index contributed by atoms with van der Waals surface area (Å²) in [6, 6.07) is 4.98. The van der Waals surface area contributed by atoms with Crippen molar-refractivity contribution < 1.29 is 14.5 Å². The van der Waals surface area contributed by atoms with Crippen LogP contribution in [0.5, 0.6) is 0 Å². The molecule has 2 rings (SSSR count). The lowest BCUT2D eigenvalue weighted by Gasteiger charge is -2.06. The Labute approximate surface area is 120 Å². The standard InChI is InChI=1S/C14H15ClN2O3/c1-8-3-12-10(5-11(8)15)9(4-14(19)20-12)6-17-7-13(18)16-2/h3-5,17H,6-7H2,1-2H3,(H,16,18)/p+1. The Bertz CT molecular complexity index is 709. The number of nitrogens with one attached hydrogen (secondary N) is 1. The van der Waals surface area contributed by atoms with Crippen LogP contribution in [0.2, 0.25) is 5.02 Å². The Morgan fingerprint density at radius 3 is 2.85 bits per heavy atom. The fraction of sp³-hybridized carbons (Fsp3) is 0.286. The molecule has 1 aromatic carbocycles. The molecule has 2 aromatic rings. The van der Waals surface area contributed by atoms with Gasteiger partial charge in [0.05, 0.1) is 0 Å². The van der Waals surface area contributed by atoms with Crippen LogP contribution < -0.4 is 16.3 Å². The van der Waals surface area contributed by atoms with Crippen molar-refractivity contribution in [3.8, 4) is 0 Å². The average Bonchev–Trinajstić information content (AvgIpc) is 2.40. The summed E-state index contributed by atoms with van der Waals surface area (Å²) in [5.41, 5.74) is 1.78. The normalized spacial score (nSPS) is 10.8.